The van der Waals surface area contributed by atoms with E-state index in [2.05, 4.69) is 20.6 Å². The van der Waals surface area contributed by atoms with Gasteiger partial charge in [-0.05, 0) is 48.9 Å². The number of hydrogen-bond acceptors (Lipinski definition) is 6. The number of anilines is 2. The predicted octanol–water partition coefficient (Wildman–Crippen LogP) is 5.54. The van der Waals surface area contributed by atoms with Crippen molar-refractivity contribution in [3.8, 4) is 17.4 Å². The minimum atomic E-state index is -0.700. The molecule has 4 rings (SSSR count). The van der Waals surface area contributed by atoms with E-state index in [0.29, 0.717) is 45.7 Å². The fourth-order valence-electron chi connectivity index (χ4n) is 3.36. The molecule has 0 bridgehead atoms. The molecule has 7 nitrogen and oxygen atoms in total. The van der Waals surface area contributed by atoms with Crippen LogP contribution in [0.1, 0.15) is 21.5 Å². The number of ether oxygens (including phenoxy) is 2. The molecule has 0 spiro atoms. The maximum Gasteiger partial charge on any atom is 0.251 e. The zero-order valence-electron chi connectivity index (χ0n) is 19.0. The number of benzene rings is 2. The number of carbonyl (C=O) groups is 1. The Hall–Kier alpha value is -4.53. The number of halogens is 2. The van der Waals surface area contributed by atoms with Gasteiger partial charge in [0.15, 0.2) is 0 Å². The maximum atomic E-state index is 13.4. The van der Waals surface area contributed by atoms with Crippen molar-refractivity contribution in [2.75, 3.05) is 12.4 Å². The highest BCUT2D eigenvalue weighted by Gasteiger charge is 2.14. The summed E-state index contributed by atoms with van der Waals surface area (Å²) < 4.78 is 37.9. The van der Waals surface area contributed by atoms with Crippen LogP contribution in [0.4, 0.5) is 20.4 Å². The lowest BCUT2D eigenvalue weighted by Crippen LogP contribution is -2.23. The van der Waals surface area contributed by atoms with Crippen molar-refractivity contribution < 1.29 is 23.0 Å². The molecule has 0 unspecified atom stereocenters. The minimum Gasteiger partial charge on any atom is -0.481 e. The van der Waals surface area contributed by atoms with E-state index in [9.17, 15) is 13.6 Å². The van der Waals surface area contributed by atoms with Crippen molar-refractivity contribution in [3.05, 3.63) is 101 Å². The Balaban J connectivity index is 1.46. The van der Waals surface area contributed by atoms with Crippen molar-refractivity contribution in [1.82, 2.24) is 15.3 Å². The largest absolute Gasteiger partial charge is 0.481 e. The van der Waals surface area contributed by atoms with Gasteiger partial charge in [-0.2, -0.15) is 4.98 Å². The van der Waals surface area contributed by atoms with Gasteiger partial charge in [0.05, 0.1) is 7.11 Å². The molecule has 0 radical (unpaired) electrons. The van der Waals surface area contributed by atoms with Gasteiger partial charge in [-0.25, -0.2) is 13.8 Å². The molecule has 178 valence electrons. The van der Waals surface area contributed by atoms with Crippen LogP contribution in [0.5, 0.6) is 17.4 Å². The smallest absolute Gasteiger partial charge is 0.251 e. The minimum absolute atomic E-state index is 0.0181. The number of carbonyl (C=O) groups excluding carboxylic acids is 1. The topological polar surface area (TPSA) is 85.4 Å². The van der Waals surface area contributed by atoms with E-state index < -0.39 is 11.6 Å². The number of rotatable bonds is 8. The summed E-state index contributed by atoms with van der Waals surface area (Å²) in [5.41, 5.74) is 1.31. The van der Waals surface area contributed by atoms with Gasteiger partial charge in [0.25, 0.3) is 5.91 Å². The van der Waals surface area contributed by atoms with E-state index in [1.54, 1.807) is 61.7 Å². The number of nitrogens with zero attached hydrogens (tertiary/aromatic N) is 2. The molecule has 0 aliphatic carbocycles. The molecular weight excluding hydrogens is 454 g/mol. The molecule has 2 aromatic heterocycles. The lowest BCUT2D eigenvalue weighted by atomic mass is 10.1. The van der Waals surface area contributed by atoms with Crippen molar-refractivity contribution in [3.63, 3.8) is 0 Å². The summed E-state index contributed by atoms with van der Waals surface area (Å²) in [7, 11) is 1.54. The van der Waals surface area contributed by atoms with Crippen molar-refractivity contribution >= 4 is 17.5 Å². The molecule has 2 N–H and O–H groups in total. The van der Waals surface area contributed by atoms with Crippen LogP contribution >= 0.6 is 0 Å². The molecule has 0 saturated heterocycles. The van der Waals surface area contributed by atoms with E-state index in [1.165, 1.54) is 19.2 Å². The normalized spacial score (nSPS) is 10.5. The van der Waals surface area contributed by atoms with Crippen LogP contribution in [0.2, 0.25) is 0 Å². The number of amides is 1. The Bertz CT molecular complexity index is 1340. The summed E-state index contributed by atoms with van der Waals surface area (Å²) in [4.78, 5) is 21.3. The first-order valence-electron chi connectivity index (χ1n) is 10.7. The van der Waals surface area contributed by atoms with Gasteiger partial charge in [0.1, 0.15) is 34.8 Å². The first kappa shape index (κ1) is 23.6. The molecule has 0 fully saturated rings. The molecular formula is C26H22F2N4O3. The Morgan fingerprint density at radius 2 is 1.74 bits per heavy atom. The highest BCUT2D eigenvalue weighted by atomic mass is 19.1. The number of nitrogens with one attached hydrogen (secondary N) is 2. The van der Waals surface area contributed by atoms with Gasteiger partial charge in [0.2, 0.25) is 5.88 Å². The third-order valence-electron chi connectivity index (χ3n) is 5.05. The summed E-state index contributed by atoms with van der Waals surface area (Å²) >= 11 is 0. The molecule has 0 atom stereocenters. The second-order valence-corrected chi connectivity index (χ2v) is 7.56. The molecule has 0 aliphatic rings. The molecule has 0 saturated carbocycles. The van der Waals surface area contributed by atoms with Gasteiger partial charge in [0, 0.05) is 42.1 Å². The number of aromatic nitrogens is 2. The fraction of sp³-hybridized carbons (Fsp3) is 0.115. The van der Waals surface area contributed by atoms with Crippen LogP contribution in [-0.2, 0) is 6.54 Å². The van der Waals surface area contributed by atoms with Crippen LogP contribution in [0.15, 0.2) is 72.9 Å². The average molecular weight is 476 g/mol. The Morgan fingerprint density at radius 3 is 2.51 bits per heavy atom. The van der Waals surface area contributed by atoms with Gasteiger partial charge < -0.3 is 20.1 Å². The van der Waals surface area contributed by atoms with Crippen LogP contribution in [0.25, 0.3) is 0 Å². The quantitative estimate of drug-likeness (QED) is 0.348. The first-order valence-corrected chi connectivity index (χ1v) is 10.7. The molecule has 0 aliphatic heterocycles. The standard InChI is InChI=1S/C26H22F2N4O3/c1-16-21(26(33)30-15-17-11-18(27)13-19(28)12-17)5-3-6-22(16)35-20-9-10-29-24(14-20)31-23-7-4-8-25(32-23)34-2/h3-14H,15H2,1-2H3,(H,30,33)(H,29,31,32). The van der Waals surface area contributed by atoms with E-state index in [4.69, 9.17) is 9.47 Å². The van der Waals surface area contributed by atoms with Gasteiger partial charge in [-0.3, -0.25) is 4.79 Å². The molecule has 1 amide bonds. The zero-order valence-corrected chi connectivity index (χ0v) is 19.0. The molecule has 2 heterocycles. The fourth-order valence-corrected chi connectivity index (χ4v) is 3.36. The molecule has 4 aromatic rings. The van der Waals surface area contributed by atoms with Crippen molar-refractivity contribution in [1.29, 1.82) is 0 Å². The summed E-state index contributed by atoms with van der Waals surface area (Å²) in [5.74, 6) is 0.726. The number of pyridine rings is 2. The zero-order chi connectivity index (χ0) is 24.8. The number of hydrogen-bond donors (Lipinski definition) is 2. The lowest BCUT2D eigenvalue weighted by molar-refractivity contribution is 0.0949. The molecule has 2 aromatic carbocycles. The van der Waals surface area contributed by atoms with E-state index in [1.807, 2.05) is 0 Å². The maximum absolute atomic E-state index is 13.4. The molecule has 35 heavy (non-hydrogen) atoms. The van der Waals surface area contributed by atoms with E-state index >= 15 is 0 Å². The van der Waals surface area contributed by atoms with E-state index in [-0.39, 0.29) is 12.5 Å². The first-order chi connectivity index (χ1) is 16.9. The van der Waals surface area contributed by atoms with Crippen LogP contribution < -0.4 is 20.1 Å². The summed E-state index contributed by atoms with van der Waals surface area (Å²) in [6.07, 6.45) is 1.59. The van der Waals surface area contributed by atoms with Crippen molar-refractivity contribution in [2.24, 2.45) is 0 Å². The monoisotopic (exact) mass is 476 g/mol. The van der Waals surface area contributed by atoms with Crippen LogP contribution in [-0.4, -0.2) is 23.0 Å². The summed E-state index contributed by atoms with van der Waals surface area (Å²) in [6, 6.07) is 16.9. The third-order valence-corrected chi connectivity index (χ3v) is 5.05. The van der Waals surface area contributed by atoms with E-state index in [0.717, 1.165) is 6.07 Å². The summed E-state index contributed by atoms with van der Waals surface area (Å²) in [6.45, 7) is 1.74. The number of methoxy groups -OCH3 is 1. The summed E-state index contributed by atoms with van der Waals surface area (Å²) in [5, 5.41) is 5.77. The SMILES string of the molecule is COc1cccc(Nc2cc(Oc3cccc(C(=O)NCc4cc(F)cc(F)c4)c3C)ccn2)n1. The van der Waals surface area contributed by atoms with Gasteiger partial charge >= 0.3 is 0 Å². The van der Waals surface area contributed by atoms with Gasteiger partial charge in [-0.1, -0.05) is 12.1 Å². The van der Waals surface area contributed by atoms with Crippen molar-refractivity contribution in [2.45, 2.75) is 13.5 Å². The Labute approximate surface area is 200 Å². The Morgan fingerprint density at radius 1 is 0.971 bits per heavy atom. The third kappa shape index (κ3) is 6.08. The highest BCUT2D eigenvalue weighted by Crippen LogP contribution is 2.29. The van der Waals surface area contributed by atoms with Gasteiger partial charge in [-0.15, -0.1) is 0 Å². The average Bonchev–Trinajstić information content (AvgIpc) is 2.84. The van der Waals surface area contributed by atoms with Crippen LogP contribution in [0, 0.1) is 18.6 Å². The highest BCUT2D eigenvalue weighted by molar-refractivity contribution is 5.96. The second-order valence-electron chi connectivity index (χ2n) is 7.56. The van der Waals surface area contributed by atoms with Crippen LogP contribution in [0.3, 0.4) is 0 Å². The second kappa shape index (κ2) is 10.6. The Kier molecular flexibility index (Phi) is 7.15. The lowest BCUT2D eigenvalue weighted by Gasteiger charge is -2.13. The predicted molar refractivity (Wildman–Crippen MR) is 127 cm³/mol. The molecule has 9 heteroatoms.